The number of aliphatic hydroxyl groups is 1. The Hall–Kier alpha value is -5.21. The van der Waals surface area contributed by atoms with Crippen LogP contribution in [0.3, 0.4) is 0 Å². The number of methoxy groups -OCH3 is 1. The van der Waals surface area contributed by atoms with Gasteiger partial charge in [-0.3, -0.25) is 47.9 Å². The highest BCUT2D eigenvalue weighted by Gasteiger charge is 2.76. The van der Waals surface area contributed by atoms with Crippen LogP contribution in [-0.4, -0.2) is 296 Å². The average molecular weight is 1580 g/mol. The Morgan fingerprint density at radius 1 is 0.590 bits per heavy atom. The highest BCUT2D eigenvalue weighted by Crippen LogP contribution is 2.72. The number of hydrogen-bond acceptors (Lipinski definition) is 25. The molecule has 12 atom stereocenters. The van der Waals surface area contributed by atoms with Gasteiger partial charge in [0.25, 0.3) is 0 Å². The molecule has 0 radical (unpaired) electrons. The van der Waals surface area contributed by atoms with Crippen LogP contribution in [0.4, 0.5) is 0 Å². The van der Waals surface area contributed by atoms with Crippen molar-refractivity contribution in [3.05, 3.63) is 23.8 Å². The summed E-state index contributed by atoms with van der Waals surface area (Å²) in [4.78, 5) is 129. The molecule has 3 saturated carbocycles. The van der Waals surface area contributed by atoms with Crippen molar-refractivity contribution < 1.29 is 119 Å². The number of rotatable bonds is 59. The van der Waals surface area contributed by atoms with Crippen molar-refractivity contribution in [3.63, 3.8) is 0 Å². The Balaban J connectivity index is 0.982. The molecule has 0 saturated heterocycles. The maximum absolute atomic E-state index is 14.6. The molecular formula is C71H117BrClN7O25. The molecule has 4 aliphatic rings. The van der Waals surface area contributed by atoms with Crippen LogP contribution in [0.5, 0.6) is 0 Å². The molecule has 0 spiro atoms. The first kappa shape index (κ1) is 92.2. The van der Waals surface area contributed by atoms with Crippen LogP contribution in [0.15, 0.2) is 23.8 Å². The predicted octanol–water partition coefficient (Wildman–Crippen LogP) is 1.24. The van der Waals surface area contributed by atoms with Gasteiger partial charge < -0.3 is 109 Å². The molecule has 34 heteroatoms. The van der Waals surface area contributed by atoms with Gasteiger partial charge in [-0.2, -0.15) is 0 Å². The largest absolute Gasteiger partial charge is 0.450 e. The van der Waals surface area contributed by atoms with Crippen LogP contribution in [-0.2, 0) is 114 Å². The highest BCUT2D eigenvalue weighted by molar-refractivity contribution is 9.09. The first-order valence-electron chi connectivity index (χ1n) is 36.4. The van der Waals surface area contributed by atoms with Crippen molar-refractivity contribution in [1.29, 1.82) is 0 Å². The fraction of sp³-hybridized carbons (Fsp3) is 0.803. The number of fused-ring (bicyclic) bond motifs is 5. The van der Waals surface area contributed by atoms with Crippen molar-refractivity contribution >= 4 is 86.4 Å². The standard InChI is InChI=1S/C71H117BrClN7O25/c1-9-63(87)105-71(49(2)42-56-55-14-13-53-43-54(81)15-17-68(53,6)70(55,73)58(82)44-69(56,71)7)59(83)47-104-48-76-62(86)46-75-64(88)50(3)77-65(89)51(4)78-66(90)52(5)79-67(91)57(80-61(85)45-72)12-10-11-18-74-60(84)16-19-93-22-23-95-26-27-97-30-31-99-34-35-101-38-39-103-41-40-102-37-36-100-33-32-98-29-28-96-25-24-94-21-20-92-8/h15,17,43,49-52,55-58,82H,9-14,16,18-42,44-48H2,1-8H3,(H,74,84)(H,75,88)(H,76,86)(H,77,89)(H,78,90)(H,79,91)(H,80,85)/t49-,50-,51-,52-,55-,56?,57-,58-,68-,69-,70-,71-/m0/s1. The van der Waals surface area contributed by atoms with Gasteiger partial charge in [0.2, 0.25) is 47.1 Å². The van der Waals surface area contributed by atoms with Crippen molar-refractivity contribution in [2.75, 3.05) is 191 Å². The molecule has 0 aliphatic heterocycles. The number of nitrogens with one attached hydrogen (secondary N) is 7. The zero-order valence-corrected chi connectivity index (χ0v) is 64.9. The molecular weight excluding hydrogens is 1470 g/mol. The summed E-state index contributed by atoms with van der Waals surface area (Å²) in [6.45, 7) is 20.1. The Bertz CT molecular complexity index is 2760. The van der Waals surface area contributed by atoms with E-state index in [2.05, 4.69) is 53.1 Å². The number of unbranched alkanes of at least 4 members (excludes halogenated alkanes) is 1. The average Bonchev–Trinajstić information content (AvgIpc) is 1.50. The smallest absolute Gasteiger partial charge is 0.306 e. The number of esters is 1. The summed E-state index contributed by atoms with van der Waals surface area (Å²) in [5.74, 6) is -6.71. The third-order valence-electron chi connectivity index (χ3n) is 19.1. The van der Waals surface area contributed by atoms with Crippen LogP contribution >= 0.6 is 27.5 Å². The van der Waals surface area contributed by atoms with Gasteiger partial charge in [0.15, 0.2) is 11.4 Å². The van der Waals surface area contributed by atoms with E-state index in [4.69, 9.17) is 77.9 Å². The number of carbonyl (C=O) groups is 10. The van der Waals surface area contributed by atoms with Gasteiger partial charge in [0.05, 0.1) is 175 Å². The number of halogens is 2. The minimum absolute atomic E-state index is 0.0175. The number of aliphatic hydroxyl groups excluding tert-OH is 1. The molecule has 0 aromatic rings. The summed E-state index contributed by atoms with van der Waals surface area (Å²) < 4.78 is 77.0. The number of ketones is 2. The summed E-state index contributed by atoms with van der Waals surface area (Å²) >= 11 is 10.7. The summed E-state index contributed by atoms with van der Waals surface area (Å²) in [6, 6.07) is -4.58. The fourth-order valence-corrected chi connectivity index (χ4v) is 14.2. The van der Waals surface area contributed by atoms with E-state index < -0.39 is 125 Å². The molecule has 0 heterocycles. The second-order valence-electron chi connectivity index (χ2n) is 26.5. The van der Waals surface area contributed by atoms with Gasteiger partial charge in [-0.25, -0.2) is 0 Å². The molecule has 0 aromatic heterocycles. The Morgan fingerprint density at radius 3 is 1.53 bits per heavy atom. The van der Waals surface area contributed by atoms with E-state index in [1.54, 1.807) is 26.2 Å². The number of allylic oxidation sites excluding steroid dienone is 4. The first-order valence-corrected chi connectivity index (χ1v) is 37.9. The van der Waals surface area contributed by atoms with Crippen LogP contribution in [0.2, 0.25) is 0 Å². The van der Waals surface area contributed by atoms with E-state index in [0.29, 0.717) is 177 Å². The van der Waals surface area contributed by atoms with Crippen LogP contribution in [0.1, 0.15) is 106 Å². The van der Waals surface area contributed by atoms with Crippen molar-refractivity contribution in [3.8, 4) is 0 Å². The third kappa shape index (κ3) is 30.3. The number of carbonyl (C=O) groups excluding carboxylic acids is 10. The monoisotopic (exact) mass is 1580 g/mol. The number of Topliss-reactive ketones (excluding diaryl/α,β-unsaturated/α-hetero) is 1. The maximum atomic E-state index is 14.6. The minimum atomic E-state index is -1.71. The quantitative estimate of drug-likeness (QED) is 0.0184. The molecule has 7 amide bonds. The van der Waals surface area contributed by atoms with Gasteiger partial charge in [0.1, 0.15) is 37.5 Å². The van der Waals surface area contributed by atoms with Gasteiger partial charge in [-0.15, -0.1) is 11.6 Å². The Labute approximate surface area is 630 Å². The van der Waals surface area contributed by atoms with Crippen LogP contribution in [0, 0.1) is 28.6 Å². The Kier molecular flexibility index (Phi) is 44.3. The molecule has 4 rings (SSSR count). The number of hydrogen-bond donors (Lipinski definition) is 8. The van der Waals surface area contributed by atoms with Crippen LogP contribution < -0.4 is 37.2 Å². The van der Waals surface area contributed by atoms with Gasteiger partial charge in [-0.05, 0) is 89.7 Å². The lowest BCUT2D eigenvalue weighted by molar-refractivity contribution is -0.203. The summed E-state index contributed by atoms with van der Waals surface area (Å²) in [5, 5.41) is 29.8. The first-order chi connectivity index (χ1) is 50.4. The lowest BCUT2D eigenvalue weighted by Crippen LogP contribution is -2.69. The zero-order chi connectivity index (χ0) is 77.1. The van der Waals surface area contributed by atoms with Crippen molar-refractivity contribution in [1.82, 2.24) is 37.2 Å². The number of amides is 7. The van der Waals surface area contributed by atoms with E-state index >= 15 is 0 Å². The van der Waals surface area contributed by atoms with Gasteiger partial charge in [-0.1, -0.05) is 55.3 Å². The van der Waals surface area contributed by atoms with Gasteiger partial charge in [0, 0.05) is 43.2 Å². The highest BCUT2D eigenvalue weighted by atomic mass is 79.9. The van der Waals surface area contributed by atoms with Gasteiger partial charge >= 0.3 is 5.97 Å². The molecule has 4 aliphatic carbocycles. The number of alkyl halides is 2. The molecule has 105 heavy (non-hydrogen) atoms. The summed E-state index contributed by atoms with van der Waals surface area (Å²) in [5.41, 5.74) is -2.78. The third-order valence-corrected chi connectivity index (χ3v) is 20.5. The van der Waals surface area contributed by atoms with Crippen LogP contribution in [0.25, 0.3) is 0 Å². The zero-order valence-electron chi connectivity index (χ0n) is 62.5. The molecule has 0 bridgehead atoms. The predicted molar refractivity (Wildman–Crippen MR) is 385 cm³/mol. The second-order valence-corrected chi connectivity index (χ2v) is 27.7. The lowest BCUT2D eigenvalue weighted by Gasteiger charge is -2.64. The molecule has 0 aromatic carbocycles. The summed E-state index contributed by atoms with van der Waals surface area (Å²) in [7, 11) is 1.63. The molecule has 32 nitrogen and oxygen atoms in total. The minimum Gasteiger partial charge on any atom is -0.450 e. The second kappa shape index (κ2) is 50.5. The fourth-order valence-electron chi connectivity index (χ4n) is 13.5. The van der Waals surface area contributed by atoms with Crippen molar-refractivity contribution in [2.24, 2.45) is 28.6 Å². The maximum Gasteiger partial charge on any atom is 0.306 e. The number of ether oxygens (including phenoxy) is 14. The van der Waals surface area contributed by atoms with E-state index in [0.717, 1.165) is 5.57 Å². The topological polar surface area (TPSA) is 404 Å². The Morgan fingerprint density at radius 2 is 1.06 bits per heavy atom. The summed E-state index contributed by atoms with van der Waals surface area (Å²) in [6.07, 6.45) is 6.44. The van der Waals surface area contributed by atoms with E-state index in [1.807, 2.05) is 20.8 Å². The SMILES string of the molecule is CCC(=O)O[C@]1(C(=O)COCNC(=O)CNC(=O)[C@H](C)NC(=O)[C@H](C)NC(=O)[C@H](C)NC(=O)[C@H](CCCCNC(=O)CCOCCOCCOCCOCCOCCOCCOCCOCCOCCOCCOCCOC)NC(=O)CBr)[C@@H](C)CC2[C@@H]3CCC4=CC(=O)C=C[C@]4(C)[C@@]3(Cl)[C@@H](O)C[C@@]21C. The van der Waals surface area contributed by atoms with E-state index in [9.17, 15) is 53.1 Å². The normalized spacial score (nSPS) is 23.5. The van der Waals surface area contributed by atoms with E-state index in [-0.39, 0.29) is 67.8 Å². The molecule has 3 fully saturated rings. The molecule has 1 unspecified atom stereocenters. The molecule has 8 N–H and O–H groups in total. The lowest BCUT2D eigenvalue weighted by atomic mass is 9.45. The molecule has 600 valence electrons. The van der Waals surface area contributed by atoms with Crippen molar-refractivity contribution in [2.45, 2.75) is 147 Å². The van der Waals surface area contributed by atoms with E-state index in [1.165, 1.54) is 26.8 Å².